The van der Waals surface area contributed by atoms with Crippen molar-refractivity contribution in [3.05, 3.63) is 90.4 Å². The summed E-state index contributed by atoms with van der Waals surface area (Å²) in [6, 6.07) is 8.53. The zero-order valence-electron chi connectivity index (χ0n) is 16.3. The lowest BCUT2D eigenvalue weighted by atomic mass is 9.85. The minimum absolute atomic E-state index is 0.144. The van der Waals surface area contributed by atoms with E-state index in [4.69, 9.17) is 0 Å². The molecule has 4 heteroatoms. The number of allylic oxidation sites excluding steroid dienone is 10. The molecule has 0 spiro atoms. The molecule has 0 saturated heterocycles. The highest BCUT2D eigenvalue weighted by molar-refractivity contribution is 7.12. The maximum Gasteiger partial charge on any atom is 0.138 e. The van der Waals surface area contributed by atoms with Gasteiger partial charge in [-0.05, 0) is 62.1 Å². The molecule has 2 aromatic rings. The second kappa shape index (κ2) is 8.40. The minimum Gasteiger partial charge on any atom is -0.192 e. The molecule has 0 fully saturated rings. The molecule has 0 aliphatic heterocycles. The van der Waals surface area contributed by atoms with Gasteiger partial charge in [-0.15, -0.1) is 22.7 Å². The van der Waals surface area contributed by atoms with Crippen LogP contribution in [0.5, 0.6) is 0 Å². The maximum atomic E-state index is 9.78. The molecule has 3 rings (SSSR count). The van der Waals surface area contributed by atoms with Crippen molar-refractivity contribution < 1.29 is 0 Å². The number of thiophene rings is 2. The maximum absolute atomic E-state index is 9.78. The Balaban J connectivity index is 2.47. The van der Waals surface area contributed by atoms with Crippen molar-refractivity contribution in [1.29, 1.82) is 10.5 Å². The fraction of sp³-hybridized carbons (Fsp3) is 0.167. The third kappa shape index (κ3) is 3.85. The molecule has 0 N–H and O–H groups in total. The van der Waals surface area contributed by atoms with Crippen molar-refractivity contribution in [2.24, 2.45) is 0 Å². The molecule has 0 unspecified atom stereocenters. The number of aryl methyl sites for hydroxylation is 4. The van der Waals surface area contributed by atoms with Gasteiger partial charge >= 0.3 is 0 Å². The van der Waals surface area contributed by atoms with Crippen LogP contribution in [0.25, 0.3) is 11.1 Å². The van der Waals surface area contributed by atoms with E-state index in [1.54, 1.807) is 22.7 Å². The van der Waals surface area contributed by atoms with Crippen molar-refractivity contribution >= 4 is 33.8 Å². The standard InChI is InChI=1S/C24H20N2S2/c1-15-11-21(17(3)27-15)23(19-9-7-5-6-8-10-19)24(20(13-25)14-26)22-12-16(2)28-18(22)4/h5-12H,1-4H3. The molecule has 0 bridgehead atoms. The molecule has 2 heterocycles. The van der Waals surface area contributed by atoms with E-state index in [0.29, 0.717) is 0 Å². The predicted molar refractivity (Wildman–Crippen MR) is 120 cm³/mol. The SMILES string of the molecule is Cc1cc(C(=C(C#N)C#N)C(=C2C=CC=CC=C2)c2cc(C)sc2C)c(C)s1. The molecule has 0 radical (unpaired) electrons. The molecule has 0 amide bonds. The molecular formula is C24H20N2S2. The third-order valence-corrected chi connectivity index (χ3v) is 6.45. The van der Waals surface area contributed by atoms with Crippen LogP contribution in [-0.2, 0) is 0 Å². The molecule has 138 valence electrons. The van der Waals surface area contributed by atoms with E-state index in [0.717, 1.165) is 37.6 Å². The molecule has 1 aliphatic carbocycles. The minimum atomic E-state index is 0.144. The molecule has 2 nitrogen and oxygen atoms in total. The number of hydrogen-bond acceptors (Lipinski definition) is 4. The second-order valence-electron chi connectivity index (χ2n) is 6.56. The van der Waals surface area contributed by atoms with Crippen LogP contribution in [0.3, 0.4) is 0 Å². The van der Waals surface area contributed by atoms with E-state index in [-0.39, 0.29) is 5.57 Å². The Kier molecular flexibility index (Phi) is 5.95. The Morgan fingerprint density at radius 2 is 1.25 bits per heavy atom. The van der Waals surface area contributed by atoms with E-state index < -0.39 is 0 Å². The summed E-state index contributed by atoms with van der Waals surface area (Å²) in [6.45, 7) is 8.29. The van der Waals surface area contributed by atoms with E-state index in [1.807, 2.05) is 43.4 Å². The van der Waals surface area contributed by atoms with Gasteiger partial charge in [0.15, 0.2) is 0 Å². The van der Waals surface area contributed by atoms with E-state index in [9.17, 15) is 10.5 Å². The summed E-state index contributed by atoms with van der Waals surface area (Å²) in [5, 5.41) is 19.6. The Morgan fingerprint density at radius 1 is 0.750 bits per heavy atom. The summed E-state index contributed by atoms with van der Waals surface area (Å²) >= 11 is 3.42. The van der Waals surface area contributed by atoms with Crippen LogP contribution >= 0.6 is 22.7 Å². The summed E-state index contributed by atoms with van der Waals surface area (Å²) in [6.07, 6.45) is 12.0. The van der Waals surface area contributed by atoms with Crippen LogP contribution in [0.2, 0.25) is 0 Å². The molecule has 1 aliphatic rings. The van der Waals surface area contributed by atoms with Crippen LogP contribution in [-0.4, -0.2) is 0 Å². The first-order valence-corrected chi connectivity index (χ1v) is 10.5. The van der Waals surface area contributed by atoms with Crippen LogP contribution in [0.15, 0.2) is 59.7 Å². The molecule has 0 atom stereocenters. The number of nitrogens with zero attached hydrogens (tertiary/aromatic N) is 2. The first-order chi connectivity index (χ1) is 13.5. The van der Waals surface area contributed by atoms with Gasteiger partial charge in [-0.1, -0.05) is 36.5 Å². The molecule has 2 aromatic heterocycles. The Morgan fingerprint density at radius 3 is 1.68 bits per heavy atom. The van der Waals surface area contributed by atoms with Gasteiger partial charge in [-0.2, -0.15) is 10.5 Å². The lowest BCUT2D eigenvalue weighted by molar-refractivity contribution is 1.44. The summed E-state index contributed by atoms with van der Waals surface area (Å²) in [5.41, 5.74) is 4.84. The highest BCUT2D eigenvalue weighted by atomic mass is 32.1. The summed E-state index contributed by atoms with van der Waals surface area (Å²) < 4.78 is 0. The van der Waals surface area contributed by atoms with Gasteiger partial charge in [-0.25, -0.2) is 0 Å². The van der Waals surface area contributed by atoms with Gasteiger partial charge in [0.05, 0.1) is 0 Å². The normalized spacial score (nSPS) is 12.4. The summed E-state index contributed by atoms with van der Waals surface area (Å²) in [7, 11) is 0. The van der Waals surface area contributed by atoms with Gasteiger partial charge in [0.1, 0.15) is 17.7 Å². The zero-order valence-corrected chi connectivity index (χ0v) is 18.0. The fourth-order valence-electron chi connectivity index (χ4n) is 3.39. The van der Waals surface area contributed by atoms with E-state index in [1.165, 1.54) is 9.75 Å². The van der Waals surface area contributed by atoms with Crippen molar-refractivity contribution in [1.82, 2.24) is 0 Å². The van der Waals surface area contributed by atoms with E-state index >= 15 is 0 Å². The van der Waals surface area contributed by atoms with Crippen LogP contribution < -0.4 is 0 Å². The van der Waals surface area contributed by atoms with Gasteiger partial charge in [0.2, 0.25) is 0 Å². The highest BCUT2D eigenvalue weighted by Gasteiger charge is 2.23. The third-order valence-electron chi connectivity index (χ3n) is 4.52. The number of nitriles is 2. The number of hydrogen-bond donors (Lipinski definition) is 0. The average molecular weight is 401 g/mol. The predicted octanol–water partition coefficient (Wildman–Crippen LogP) is 6.98. The van der Waals surface area contributed by atoms with Crippen molar-refractivity contribution in [3.63, 3.8) is 0 Å². The van der Waals surface area contributed by atoms with Gasteiger partial charge in [-0.3, -0.25) is 0 Å². The molecular weight excluding hydrogens is 380 g/mol. The Bertz CT molecular complexity index is 1130. The zero-order chi connectivity index (χ0) is 20.3. The molecule has 28 heavy (non-hydrogen) atoms. The molecule has 0 aromatic carbocycles. The Hall–Kier alpha value is -2.92. The lowest BCUT2D eigenvalue weighted by Crippen LogP contribution is -1.98. The first kappa shape index (κ1) is 19.8. The van der Waals surface area contributed by atoms with Crippen LogP contribution in [0, 0.1) is 50.4 Å². The number of rotatable bonds is 3. The smallest absolute Gasteiger partial charge is 0.138 e. The van der Waals surface area contributed by atoms with Crippen molar-refractivity contribution in [2.45, 2.75) is 27.7 Å². The second-order valence-corrected chi connectivity index (χ2v) is 9.48. The lowest BCUT2D eigenvalue weighted by Gasteiger charge is -2.16. The summed E-state index contributed by atoms with van der Waals surface area (Å²) in [4.78, 5) is 4.66. The van der Waals surface area contributed by atoms with Gasteiger partial charge in [0, 0.05) is 25.1 Å². The average Bonchev–Trinajstić information content (AvgIpc) is 3.02. The summed E-state index contributed by atoms with van der Waals surface area (Å²) in [5.74, 6) is 0. The largest absolute Gasteiger partial charge is 0.192 e. The fourth-order valence-corrected chi connectivity index (χ4v) is 5.25. The quantitative estimate of drug-likeness (QED) is 0.522. The van der Waals surface area contributed by atoms with Gasteiger partial charge < -0.3 is 0 Å². The van der Waals surface area contributed by atoms with Gasteiger partial charge in [0.25, 0.3) is 0 Å². The van der Waals surface area contributed by atoms with Crippen molar-refractivity contribution in [2.75, 3.05) is 0 Å². The molecule has 0 saturated carbocycles. The van der Waals surface area contributed by atoms with Crippen molar-refractivity contribution in [3.8, 4) is 12.1 Å². The van der Waals surface area contributed by atoms with E-state index in [2.05, 4.69) is 45.0 Å². The first-order valence-electron chi connectivity index (χ1n) is 8.91. The topological polar surface area (TPSA) is 47.6 Å². The van der Waals surface area contributed by atoms with Crippen LogP contribution in [0.1, 0.15) is 30.6 Å². The highest BCUT2D eigenvalue weighted by Crippen LogP contribution is 2.43. The Labute approximate surface area is 174 Å². The van der Waals surface area contributed by atoms with Crippen LogP contribution in [0.4, 0.5) is 0 Å². The monoisotopic (exact) mass is 400 g/mol.